The van der Waals surface area contributed by atoms with Crippen LogP contribution < -0.4 is 0 Å². The molecule has 2 rings (SSSR count). The lowest BCUT2D eigenvalue weighted by molar-refractivity contribution is -0.148. The fourth-order valence-electron chi connectivity index (χ4n) is 2.26. The minimum absolute atomic E-state index is 0.0683. The highest BCUT2D eigenvalue weighted by molar-refractivity contribution is 6.30. The fraction of sp³-hybridized carbons (Fsp3) is 0.278. The Morgan fingerprint density at radius 2 is 1.59 bits per heavy atom. The van der Waals surface area contributed by atoms with E-state index in [0.717, 1.165) is 11.1 Å². The van der Waals surface area contributed by atoms with Crippen LogP contribution in [0.15, 0.2) is 48.5 Å². The van der Waals surface area contributed by atoms with Gasteiger partial charge in [-0.25, -0.2) is 0 Å². The average molecular weight is 319 g/mol. The van der Waals surface area contributed by atoms with E-state index >= 15 is 0 Å². The summed E-state index contributed by atoms with van der Waals surface area (Å²) in [5.74, 6) is -0.408. The van der Waals surface area contributed by atoms with Crippen molar-refractivity contribution in [2.45, 2.75) is 25.9 Å². The summed E-state index contributed by atoms with van der Waals surface area (Å²) < 4.78 is 4.89. The molecule has 0 amide bonds. The van der Waals surface area contributed by atoms with Gasteiger partial charge < -0.3 is 9.84 Å². The van der Waals surface area contributed by atoms with Crippen LogP contribution in [-0.4, -0.2) is 17.7 Å². The Hall–Kier alpha value is -1.84. The molecule has 0 aliphatic carbocycles. The topological polar surface area (TPSA) is 46.5 Å². The first kappa shape index (κ1) is 16.5. The van der Waals surface area contributed by atoms with E-state index in [1.165, 1.54) is 0 Å². The van der Waals surface area contributed by atoms with Crippen LogP contribution in [0.2, 0.25) is 5.02 Å². The molecule has 0 aliphatic rings. The van der Waals surface area contributed by atoms with E-state index in [-0.39, 0.29) is 6.42 Å². The molecule has 0 bridgehead atoms. The van der Waals surface area contributed by atoms with Gasteiger partial charge in [0, 0.05) is 5.02 Å². The number of benzene rings is 2. The average Bonchev–Trinajstić information content (AvgIpc) is 2.48. The number of ether oxygens (including phenoxy) is 1. The van der Waals surface area contributed by atoms with Crippen molar-refractivity contribution in [1.29, 1.82) is 0 Å². The molecule has 1 N–H and O–H groups in total. The summed E-state index contributed by atoms with van der Waals surface area (Å²) in [4.78, 5) is 11.6. The molecule has 1 atom stereocenters. The third-order valence-corrected chi connectivity index (χ3v) is 3.73. The van der Waals surface area contributed by atoms with Crippen molar-refractivity contribution in [1.82, 2.24) is 0 Å². The normalized spacial score (nSPS) is 13.5. The van der Waals surface area contributed by atoms with Crippen molar-refractivity contribution in [3.63, 3.8) is 0 Å². The number of aliphatic hydroxyl groups is 1. The van der Waals surface area contributed by atoms with Crippen LogP contribution in [-0.2, 0) is 15.1 Å². The highest BCUT2D eigenvalue weighted by Gasteiger charge is 2.27. The van der Waals surface area contributed by atoms with E-state index in [0.29, 0.717) is 17.2 Å². The van der Waals surface area contributed by atoms with E-state index in [4.69, 9.17) is 16.3 Å². The lowest BCUT2D eigenvalue weighted by atomic mass is 9.91. The summed E-state index contributed by atoms with van der Waals surface area (Å²) in [7, 11) is 0. The van der Waals surface area contributed by atoms with Crippen molar-refractivity contribution in [2.75, 3.05) is 6.61 Å². The number of hydrogen-bond donors (Lipinski definition) is 1. The van der Waals surface area contributed by atoms with E-state index < -0.39 is 11.6 Å². The predicted octanol–water partition coefficient (Wildman–Crippen LogP) is 4.17. The molecule has 3 nitrogen and oxygen atoms in total. The maximum Gasteiger partial charge on any atom is 0.309 e. The second-order valence-electron chi connectivity index (χ2n) is 5.34. The van der Waals surface area contributed by atoms with Crippen LogP contribution in [0.25, 0.3) is 11.1 Å². The molecular formula is C18H19ClO3. The summed E-state index contributed by atoms with van der Waals surface area (Å²) in [5, 5.41) is 11.2. The molecule has 0 fully saturated rings. The van der Waals surface area contributed by atoms with Gasteiger partial charge in [-0.05, 0) is 42.7 Å². The molecule has 0 spiro atoms. The Bertz CT molecular complexity index is 630. The number of esters is 1. The van der Waals surface area contributed by atoms with Gasteiger partial charge in [-0.3, -0.25) is 4.79 Å². The molecule has 0 saturated heterocycles. The second-order valence-corrected chi connectivity index (χ2v) is 5.78. The Kier molecular flexibility index (Phi) is 5.22. The summed E-state index contributed by atoms with van der Waals surface area (Å²) in [6.45, 7) is 3.67. The third kappa shape index (κ3) is 4.09. The molecule has 0 saturated carbocycles. The molecule has 2 aromatic rings. The lowest BCUT2D eigenvalue weighted by Crippen LogP contribution is -2.26. The van der Waals surface area contributed by atoms with Crippen molar-refractivity contribution >= 4 is 17.6 Å². The minimum Gasteiger partial charge on any atom is -0.466 e. The summed E-state index contributed by atoms with van der Waals surface area (Å²) in [5.41, 5.74) is 1.50. The SMILES string of the molecule is CCOC(=O)CC(C)(O)c1ccc(-c2ccc(Cl)cc2)cc1. The molecule has 1 unspecified atom stereocenters. The van der Waals surface area contributed by atoms with Crippen LogP contribution in [0, 0.1) is 0 Å². The quantitative estimate of drug-likeness (QED) is 0.842. The molecule has 0 heterocycles. The third-order valence-electron chi connectivity index (χ3n) is 3.48. The van der Waals surface area contributed by atoms with Crippen molar-refractivity contribution < 1.29 is 14.6 Å². The first-order valence-corrected chi connectivity index (χ1v) is 7.54. The molecule has 0 aromatic heterocycles. The number of hydrogen-bond acceptors (Lipinski definition) is 3. The zero-order valence-electron chi connectivity index (χ0n) is 12.7. The lowest BCUT2D eigenvalue weighted by Gasteiger charge is -2.23. The molecule has 4 heteroatoms. The standard InChI is InChI=1S/C18H19ClO3/c1-3-22-17(20)12-18(2,21)15-8-4-13(5-9-15)14-6-10-16(19)11-7-14/h4-11,21H,3,12H2,1-2H3. The van der Waals surface area contributed by atoms with Crippen molar-refractivity contribution in [2.24, 2.45) is 0 Å². The largest absolute Gasteiger partial charge is 0.466 e. The van der Waals surface area contributed by atoms with Crippen LogP contribution in [0.3, 0.4) is 0 Å². The van der Waals surface area contributed by atoms with Crippen LogP contribution >= 0.6 is 11.6 Å². The first-order chi connectivity index (χ1) is 10.4. The monoisotopic (exact) mass is 318 g/mol. The molecule has 0 radical (unpaired) electrons. The molecule has 116 valence electrons. The highest BCUT2D eigenvalue weighted by Crippen LogP contribution is 2.28. The summed E-state index contributed by atoms with van der Waals surface area (Å²) >= 11 is 5.88. The number of halogens is 1. The van der Waals surface area contributed by atoms with E-state index in [1.54, 1.807) is 13.8 Å². The highest BCUT2D eigenvalue weighted by atomic mass is 35.5. The van der Waals surface area contributed by atoms with E-state index in [2.05, 4.69) is 0 Å². The zero-order chi connectivity index (χ0) is 16.2. The summed E-state index contributed by atoms with van der Waals surface area (Å²) in [6.07, 6.45) is -0.0683. The smallest absolute Gasteiger partial charge is 0.309 e. The second kappa shape index (κ2) is 6.95. The predicted molar refractivity (Wildman–Crippen MR) is 87.7 cm³/mol. The number of carbonyl (C=O) groups is 1. The van der Waals surface area contributed by atoms with Gasteiger partial charge in [-0.2, -0.15) is 0 Å². The number of carbonyl (C=O) groups excluding carboxylic acids is 1. The van der Waals surface area contributed by atoms with E-state index in [1.807, 2.05) is 48.5 Å². The first-order valence-electron chi connectivity index (χ1n) is 7.17. The zero-order valence-corrected chi connectivity index (χ0v) is 13.4. The van der Waals surface area contributed by atoms with Gasteiger partial charge in [0.1, 0.15) is 0 Å². The molecular weight excluding hydrogens is 300 g/mol. The summed E-state index contributed by atoms with van der Waals surface area (Å²) in [6, 6.07) is 15.0. The fourth-order valence-corrected chi connectivity index (χ4v) is 2.39. The maximum absolute atomic E-state index is 11.6. The van der Waals surface area contributed by atoms with Crippen LogP contribution in [0.1, 0.15) is 25.8 Å². The molecule has 22 heavy (non-hydrogen) atoms. The van der Waals surface area contributed by atoms with Gasteiger partial charge in [0.05, 0.1) is 18.6 Å². The van der Waals surface area contributed by atoms with Gasteiger partial charge in [-0.15, -0.1) is 0 Å². The van der Waals surface area contributed by atoms with E-state index in [9.17, 15) is 9.90 Å². The Morgan fingerprint density at radius 3 is 2.09 bits per heavy atom. The Morgan fingerprint density at radius 1 is 1.09 bits per heavy atom. The van der Waals surface area contributed by atoms with Gasteiger partial charge in [-0.1, -0.05) is 48.0 Å². The molecule has 2 aromatic carbocycles. The van der Waals surface area contributed by atoms with Crippen LogP contribution in [0.5, 0.6) is 0 Å². The van der Waals surface area contributed by atoms with Gasteiger partial charge in [0.25, 0.3) is 0 Å². The number of rotatable bonds is 5. The minimum atomic E-state index is -1.25. The van der Waals surface area contributed by atoms with Crippen LogP contribution in [0.4, 0.5) is 0 Å². The van der Waals surface area contributed by atoms with Gasteiger partial charge in [0.2, 0.25) is 0 Å². The van der Waals surface area contributed by atoms with Crippen molar-refractivity contribution in [3.8, 4) is 11.1 Å². The maximum atomic E-state index is 11.6. The molecule has 0 aliphatic heterocycles. The Labute approximate surface area is 135 Å². The van der Waals surface area contributed by atoms with Crippen molar-refractivity contribution in [3.05, 3.63) is 59.1 Å². The van der Waals surface area contributed by atoms with Gasteiger partial charge >= 0.3 is 5.97 Å². The Balaban J connectivity index is 2.17. The van der Waals surface area contributed by atoms with Gasteiger partial charge in [0.15, 0.2) is 0 Å².